The van der Waals surface area contributed by atoms with Crippen LogP contribution in [0.2, 0.25) is 0 Å². The number of likely N-dealkylation sites (tertiary alicyclic amines) is 1. The minimum Gasteiger partial charge on any atom is -0.497 e. The van der Waals surface area contributed by atoms with Gasteiger partial charge in [-0.05, 0) is 49.8 Å². The first-order valence-electron chi connectivity index (χ1n) is 12.3. The van der Waals surface area contributed by atoms with Gasteiger partial charge in [-0.3, -0.25) is 0 Å². The summed E-state index contributed by atoms with van der Waals surface area (Å²) in [6, 6.07) is 6.39. The van der Waals surface area contributed by atoms with Crippen LogP contribution in [0.4, 0.5) is 18.0 Å². The molecule has 1 aliphatic carbocycles. The number of halogens is 3. The Morgan fingerprint density at radius 3 is 2.43 bits per heavy atom. The number of hydrogen-bond donors (Lipinski definition) is 0. The van der Waals surface area contributed by atoms with Gasteiger partial charge in [0.15, 0.2) is 0 Å². The number of rotatable bonds is 9. The van der Waals surface area contributed by atoms with E-state index in [0.717, 1.165) is 0 Å². The lowest BCUT2D eigenvalue weighted by Crippen LogP contribution is -2.49. The number of piperidine rings is 1. The summed E-state index contributed by atoms with van der Waals surface area (Å²) in [5, 5.41) is -0.313. The van der Waals surface area contributed by atoms with Crippen molar-refractivity contribution in [2.75, 3.05) is 40.5 Å². The van der Waals surface area contributed by atoms with Crippen LogP contribution in [0.5, 0.6) is 5.75 Å². The molecule has 1 saturated carbocycles. The summed E-state index contributed by atoms with van der Waals surface area (Å²) in [5.41, 5.74) is 0.0551. The molecule has 1 aromatic carbocycles. The average Bonchev–Trinajstić information content (AvgIpc) is 3.66. The second-order valence-electron chi connectivity index (χ2n) is 9.88. The van der Waals surface area contributed by atoms with Crippen LogP contribution in [0, 0.1) is 0 Å². The number of sulfonamides is 1. The van der Waals surface area contributed by atoms with Gasteiger partial charge < -0.3 is 23.8 Å². The third-order valence-electron chi connectivity index (χ3n) is 7.29. The molecule has 1 amide bonds. The fourth-order valence-corrected chi connectivity index (χ4v) is 6.46. The molecule has 3 fully saturated rings. The number of alkyl halides is 3. The molecule has 0 bridgehead atoms. The summed E-state index contributed by atoms with van der Waals surface area (Å²) < 4.78 is 88.1. The number of likely N-dealkylation sites (N-methyl/N-ethyl adjacent to an activating group) is 1. The highest BCUT2D eigenvalue weighted by Gasteiger charge is 2.50. The molecule has 2 aliphatic heterocycles. The van der Waals surface area contributed by atoms with E-state index >= 15 is 0 Å². The largest absolute Gasteiger partial charge is 0.497 e. The van der Waals surface area contributed by atoms with Crippen molar-refractivity contribution in [1.82, 2.24) is 9.21 Å². The van der Waals surface area contributed by atoms with Gasteiger partial charge in [-0.1, -0.05) is 12.1 Å². The van der Waals surface area contributed by atoms with Crippen molar-refractivity contribution in [3.63, 3.8) is 0 Å². The van der Waals surface area contributed by atoms with Gasteiger partial charge in [-0.2, -0.15) is 17.5 Å². The summed E-state index contributed by atoms with van der Waals surface area (Å²) in [6.07, 6.45) is -5.63. The van der Waals surface area contributed by atoms with E-state index in [4.69, 9.17) is 18.9 Å². The first-order valence-corrected chi connectivity index (χ1v) is 13.8. The van der Waals surface area contributed by atoms with E-state index in [2.05, 4.69) is 0 Å². The number of carbonyl (C=O) groups is 1. The molecular formula is C24H33F3N2O7S. The van der Waals surface area contributed by atoms with Gasteiger partial charge in [0, 0.05) is 20.1 Å². The van der Waals surface area contributed by atoms with Gasteiger partial charge in [0.05, 0.1) is 43.8 Å². The molecule has 0 N–H and O–H groups in total. The van der Waals surface area contributed by atoms with Crippen LogP contribution < -0.4 is 4.74 Å². The second-order valence-corrected chi connectivity index (χ2v) is 12.1. The zero-order valence-electron chi connectivity index (χ0n) is 20.9. The maximum absolute atomic E-state index is 13.5. The molecule has 1 spiro atoms. The maximum Gasteiger partial charge on any atom is 0.427 e. The fraction of sp³-hybridized carbons (Fsp3) is 0.708. The molecule has 37 heavy (non-hydrogen) atoms. The second kappa shape index (κ2) is 11.0. The fourth-order valence-electron chi connectivity index (χ4n) is 4.70. The molecule has 13 heteroatoms. The van der Waals surface area contributed by atoms with E-state index in [1.54, 1.807) is 31.3 Å². The third-order valence-corrected chi connectivity index (χ3v) is 9.70. The van der Waals surface area contributed by atoms with Crippen LogP contribution in [0.15, 0.2) is 24.3 Å². The Hall–Kier alpha value is -2.09. The average molecular weight is 551 g/mol. The first kappa shape index (κ1) is 27.9. The van der Waals surface area contributed by atoms with Crippen molar-refractivity contribution in [2.45, 2.75) is 67.9 Å². The molecule has 1 aromatic rings. The normalized spacial score (nSPS) is 22.9. The summed E-state index contributed by atoms with van der Waals surface area (Å²) in [5.74, 6) is 0.614. The van der Waals surface area contributed by atoms with E-state index in [1.807, 2.05) is 0 Å². The summed E-state index contributed by atoms with van der Waals surface area (Å²) >= 11 is 0. The van der Waals surface area contributed by atoms with Gasteiger partial charge in [0.1, 0.15) is 5.75 Å². The van der Waals surface area contributed by atoms with E-state index in [-0.39, 0.29) is 37.6 Å². The summed E-state index contributed by atoms with van der Waals surface area (Å²) in [6.45, 7) is -0.339. The van der Waals surface area contributed by atoms with Gasteiger partial charge in [-0.25, -0.2) is 13.2 Å². The van der Waals surface area contributed by atoms with Crippen molar-refractivity contribution >= 4 is 16.1 Å². The van der Waals surface area contributed by atoms with Crippen molar-refractivity contribution in [1.29, 1.82) is 0 Å². The smallest absolute Gasteiger partial charge is 0.427 e. The van der Waals surface area contributed by atoms with E-state index in [9.17, 15) is 26.4 Å². The quantitative estimate of drug-likeness (QED) is 0.466. The van der Waals surface area contributed by atoms with Gasteiger partial charge in [0.25, 0.3) is 0 Å². The van der Waals surface area contributed by atoms with Crippen molar-refractivity contribution in [3.05, 3.63) is 29.8 Å². The lowest BCUT2D eigenvalue weighted by atomic mass is 9.87. The van der Waals surface area contributed by atoms with Gasteiger partial charge in [-0.15, -0.1) is 0 Å². The van der Waals surface area contributed by atoms with Crippen LogP contribution in [0.25, 0.3) is 0 Å². The summed E-state index contributed by atoms with van der Waals surface area (Å²) in [7, 11) is -0.261. The number of nitrogens with zero attached hydrogens (tertiary/aromatic N) is 2. The Labute approximate surface area is 214 Å². The maximum atomic E-state index is 13.5. The topological polar surface area (TPSA) is 94.6 Å². The van der Waals surface area contributed by atoms with E-state index in [0.29, 0.717) is 43.4 Å². The number of hydrogen-bond acceptors (Lipinski definition) is 7. The molecule has 2 saturated heterocycles. The predicted octanol–water partition coefficient (Wildman–Crippen LogP) is 3.33. The highest BCUT2D eigenvalue weighted by atomic mass is 32.2. The van der Waals surface area contributed by atoms with Crippen LogP contribution >= 0.6 is 0 Å². The van der Waals surface area contributed by atoms with Gasteiger partial charge in [0.2, 0.25) is 16.1 Å². The zero-order valence-corrected chi connectivity index (χ0v) is 21.7. The Balaban J connectivity index is 1.26. The molecule has 0 aromatic heterocycles. The Kier molecular flexibility index (Phi) is 8.27. The molecule has 1 unspecified atom stereocenters. The third kappa shape index (κ3) is 6.68. The van der Waals surface area contributed by atoms with E-state index in [1.165, 1.54) is 16.3 Å². The lowest BCUT2D eigenvalue weighted by Gasteiger charge is -2.38. The zero-order chi connectivity index (χ0) is 26.8. The summed E-state index contributed by atoms with van der Waals surface area (Å²) in [4.78, 5) is 13.8. The highest BCUT2D eigenvalue weighted by Crippen LogP contribution is 2.40. The SMILES string of the molecule is COc1ccc(COCC(OC(=O)N2CCC3(CC2)C[C@H](N(C)S(=O)(=O)C2CC2)CO3)C(F)(F)F)cc1. The van der Waals surface area contributed by atoms with Crippen LogP contribution in [-0.4, -0.2) is 93.4 Å². The Morgan fingerprint density at radius 2 is 1.86 bits per heavy atom. The number of methoxy groups -OCH3 is 1. The first-order chi connectivity index (χ1) is 17.4. The molecule has 3 aliphatic rings. The molecule has 4 rings (SSSR count). The molecular weight excluding hydrogens is 517 g/mol. The Bertz CT molecular complexity index is 1040. The predicted molar refractivity (Wildman–Crippen MR) is 127 cm³/mol. The minimum absolute atomic E-state index is 0.0796. The number of benzene rings is 1. The monoisotopic (exact) mass is 550 g/mol. The standard InChI is InChI=1S/C24H33F3N2O7S/c1-28(37(31,32)20-7-8-20)18-13-23(35-15-18)9-11-29(12-10-23)22(30)36-21(24(25,26)27)16-34-14-17-3-5-19(33-2)6-4-17/h3-6,18,20-21H,7-16H2,1-2H3/t18-,21?/m0/s1. The lowest BCUT2D eigenvalue weighted by molar-refractivity contribution is -0.220. The Morgan fingerprint density at radius 1 is 1.22 bits per heavy atom. The molecule has 0 radical (unpaired) electrons. The minimum atomic E-state index is -4.79. The van der Waals surface area contributed by atoms with Crippen molar-refractivity contribution in [3.8, 4) is 5.75 Å². The van der Waals surface area contributed by atoms with Gasteiger partial charge >= 0.3 is 12.3 Å². The van der Waals surface area contributed by atoms with Crippen molar-refractivity contribution in [2.24, 2.45) is 0 Å². The van der Waals surface area contributed by atoms with Crippen LogP contribution in [0.1, 0.15) is 37.7 Å². The highest BCUT2D eigenvalue weighted by molar-refractivity contribution is 7.90. The number of amides is 1. The number of carbonyl (C=O) groups excluding carboxylic acids is 1. The van der Waals surface area contributed by atoms with E-state index < -0.39 is 40.6 Å². The molecule has 208 valence electrons. The van der Waals surface area contributed by atoms with Crippen LogP contribution in [-0.2, 0) is 30.8 Å². The molecule has 2 heterocycles. The molecule has 2 atom stereocenters. The van der Waals surface area contributed by atoms with Crippen LogP contribution in [0.3, 0.4) is 0 Å². The number of ether oxygens (including phenoxy) is 4. The van der Waals surface area contributed by atoms with Crippen molar-refractivity contribution < 1.29 is 45.3 Å². The molecule has 9 nitrogen and oxygen atoms in total.